The highest BCUT2D eigenvalue weighted by Gasteiger charge is 2.33. The number of benzene rings is 2. The van der Waals surface area contributed by atoms with Gasteiger partial charge in [-0.1, -0.05) is 43.5 Å². The molecule has 2 aromatic carbocycles. The van der Waals surface area contributed by atoms with Crippen molar-refractivity contribution in [3.8, 4) is 16.8 Å². The molecule has 2 saturated carbocycles. The molecule has 1 amide bonds. The zero-order chi connectivity index (χ0) is 25.2. The molecule has 0 unspecified atom stereocenters. The van der Waals surface area contributed by atoms with Gasteiger partial charge in [0.1, 0.15) is 11.4 Å². The average molecular weight is 490 g/mol. The summed E-state index contributed by atoms with van der Waals surface area (Å²) in [5, 5.41) is 4.49. The van der Waals surface area contributed by atoms with Crippen LogP contribution in [0.5, 0.6) is 0 Å². The molecule has 2 aliphatic rings. The van der Waals surface area contributed by atoms with E-state index in [-0.39, 0.29) is 29.4 Å². The smallest absolute Gasteiger partial charge is 0.341 e. The average Bonchev–Trinajstić information content (AvgIpc) is 3.66. The molecule has 1 aromatic heterocycles. The Bertz CT molecular complexity index is 1270. The lowest BCUT2D eigenvalue weighted by molar-refractivity contribution is 0.0524. The fourth-order valence-corrected chi connectivity index (χ4v) is 5.23. The van der Waals surface area contributed by atoms with Gasteiger partial charge in [-0.15, -0.1) is 0 Å². The van der Waals surface area contributed by atoms with Crippen LogP contribution in [0.2, 0.25) is 0 Å². The summed E-state index contributed by atoms with van der Waals surface area (Å²) in [6, 6.07) is 12.6. The van der Waals surface area contributed by atoms with Crippen LogP contribution >= 0.6 is 0 Å². The molecule has 0 aliphatic heterocycles. The second-order valence-electron chi connectivity index (χ2n) is 9.78. The van der Waals surface area contributed by atoms with Crippen LogP contribution in [0, 0.1) is 5.82 Å². The van der Waals surface area contributed by atoms with Crippen molar-refractivity contribution in [2.75, 3.05) is 13.7 Å². The van der Waals surface area contributed by atoms with Crippen LogP contribution in [0.1, 0.15) is 84.2 Å². The maximum atomic E-state index is 15.8. The van der Waals surface area contributed by atoms with Gasteiger partial charge in [-0.2, -0.15) is 5.10 Å². The zero-order valence-electron chi connectivity index (χ0n) is 20.9. The van der Waals surface area contributed by atoms with E-state index in [9.17, 15) is 9.59 Å². The molecular formula is C29H32FN3O3. The Hall–Kier alpha value is -3.48. The van der Waals surface area contributed by atoms with Gasteiger partial charge in [-0.25, -0.2) is 13.9 Å². The Balaban J connectivity index is 1.47. The first-order valence-electron chi connectivity index (χ1n) is 12.9. The zero-order valence-corrected chi connectivity index (χ0v) is 20.9. The summed E-state index contributed by atoms with van der Waals surface area (Å²) in [6.45, 7) is 2.08. The van der Waals surface area contributed by atoms with Crippen LogP contribution < -0.4 is 0 Å². The molecular weight excluding hydrogens is 457 g/mol. The lowest BCUT2D eigenvalue weighted by Gasteiger charge is -2.31. The maximum absolute atomic E-state index is 15.8. The molecule has 6 nitrogen and oxygen atoms in total. The first-order valence-corrected chi connectivity index (χ1v) is 12.9. The molecule has 0 spiro atoms. The van der Waals surface area contributed by atoms with Crippen molar-refractivity contribution in [2.45, 2.75) is 63.8 Å². The Morgan fingerprint density at radius 2 is 1.81 bits per heavy atom. The summed E-state index contributed by atoms with van der Waals surface area (Å²) in [4.78, 5) is 27.4. The van der Waals surface area contributed by atoms with E-state index in [0.717, 1.165) is 49.9 Å². The Morgan fingerprint density at radius 1 is 1.06 bits per heavy atom. The first kappa shape index (κ1) is 24.2. The van der Waals surface area contributed by atoms with Gasteiger partial charge in [0.2, 0.25) is 0 Å². The summed E-state index contributed by atoms with van der Waals surface area (Å²) >= 11 is 0. The van der Waals surface area contributed by atoms with Crippen LogP contribution in [0.25, 0.3) is 16.8 Å². The summed E-state index contributed by atoms with van der Waals surface area (Å²) in [7, 11) is 1.78. The number of hydrogen-bond acceptors (Lipinski definition) is 4. The minimum Gasteiger partial charge on any atom is -0.462 e. The number of carbonyl (C=O) groups excluding carboxylic acids is 2. The molecule has 0 saturated heterocycles. The van der Waals surface area contributed by atoms with E-state index in [0.29, 0.717) is 23.3 Å². The van der Waals surface area contributed by atoms with Crippen LogP contribution in [0.4, 0.5) is 4.39 Å². The third kappa shape index (κ3) is 4.66. The number of halogens is 1. The standard InChI is InChI=1S/C29H32FN3O3/c1-3-36-29(35)25-18-31-33(27(25)19-15-16-19)22-12-7-9-20(17-22)23-13-8-14-24(26(23)30)28(34)32(2)21-10-5-4-6-11-21/h7-9,12-14,17-19,21H,3-6,10-11,15-16H2,1-2H3. The molecule has 1 heterocycles. The molecule has 0 N–H and O–H groups in total. The van der Waals surface area contributed by atoms with Gasteiger partial charge in [0.05, 0.1) is 29.7 Å². The van der Waals surface area contributed by atoms with Crippen molar-refractivity contribution in [3.05, 3.63) is 71.3 Å². The summed E-state index contributed by atoms with van der Waals surface area (Å²) in [5.41, 5.74) is 3.16. The molecule has 0 bridgehead atoms. The topological polar surface area (TPSA) is 64.4 Å². The Labute approximate surface area is 211 Å². The predicted molar refractivity (Wildman–Crippen MR) is 136 cm³/mol. The third-order valence-electron chi connectivity index (χ3n) is 7.34. The van der Waals surface area contributed by atoms with Crippen molar-refractivity contribution < 1.29 is 18.7 Å². The number of amides is 1. The number of aromatic nitrogens is 2. The van der Waals surface area contributed by atoms with Crippen molar-refractivity contribution in [1.29, 1.82) is 0 Å². The summed E-state index contributed by atoms with van der Waals surface area (Å²) < 4.78 is 22.7. The quantitative estimate of drug-likeness (QED) is 0.374. The highest BCUT2D eigenvalue weighted by Crippen LogP contribution is 2.43. The fourth-order valence-electron chi connectivity index (χ4n) is 5.23. The number of carbonyl (C=O) groups is 2. The number of nitrogens with zero attached hydrogens (tertiary/aromatic N) is 3. The van der Waals surface area contributed by atoms with E-state index in [2.05, 4.69) is 5.10 Å². The van der Waals surface area contributed by atoms with E-state index < -0.39 is 5.82 Å². The van der Waals surface area contributed by atoms with E-state index in [1.165, 1.54) is 6.42 Å². The fraction of sp³-hybridized carbons (Fsp3) is 0.414. The number of rotatable bonds is 7. The van der Waals surface area contributed by atoms with Crippen LogP contribution in [-0.2, 0) is 4.74 Å². The molecule has 2 fully saturated rings. The molecule has 2 aliphatic carbocycles. The lowest BCUT2D eigenvalue weighted by atomic mass is 9.93. The maximum Gasteiger partial charge on any atom is 0.341 e. The van der Waals surface area contributed by atoms with Gasteiger partial charge in [0, 0.05) is 24.6 Å². The van der Waals surface area contributed by atoms with Crippen molar-refractivity contribution in [3.63, 3.8) is 0 Å². The number of hydrogen-bond donors (Lipinski definition) is 0. The molecule has 7 heteroatoms. The minimum absolute atomic E-state index is 0.0910. The van der Waals surface area contributed by atoms with E-state index in [1.54, 1.807) is 47.9 Å². The van der Waals surface area contributed by atoms with E-state index in [4.69, 9.17) is 4.74 Å². The van der Waals surface area contributed by atoms with Gasteiger partial charge in [-0.3, -0.25) is 4.79 Å². The van der Waals surface area contributed by atoms with Crippen molar-refractivity contribution >= 4 is 11.9 Å². The van der Waals surface area contributed by atoms with Gasteiger partial charge < -0.3 is 9.64 Å². The monoisotopic (exact) mass is 489 g/mol. The molecule has 0 atom stereocenters. The van der Waals surface area contributed by atoms with Crippen molar-refractivity contribution in [2.24, 2.45) is 0 Å². The van der Waals surface area contributed by atoms with Gasteiger partial charge >= 0.3 is 5.97 Å². The number of esters is 1. The molecule has 36 heavy (non-hydrogen) atoms. The van der Waals surface area contributed by atoms with E-state index in [1.807, 2.05) is 24.3 Å². The van der Waals surface area contributed by atoms with Gasteiger partial charge in [-0.05, 0) is 56.4 Å². The molecule has 188 valence electrons. The first-order chi connectivity index (χ1) is 17.5. The van der Waals surface area contributed by atoms with Gasteiger partial charge in [0.15, 0.2) is 0 Å². The highest BCUT2D eigenvalue weighted by atomic mass is 19.1. The normalized spacial score (nSPS) is 16.1. The number of ether oxygens (including phenoxy) is 1. The minimum atomic E-state index is -0.516. The van der Waals surface area contributed by atoms with Crippen LogP contribution in [-0.4, -0.2) is 46.3 Å². The Morgan fingerprint density at radius 3 is 2.53 bits per heavy atom. The van der Waals surface area contributed by atoms with Crippen molar-refractivity contribution in [1.82, 2.24) is 14.7 Å². The molecule has 5 rings (SSSR count). The Kier molecular flexibility index (Phi) is 6.90. The molecule has 3 aromatic rings. The highest BCUT2D eigenvalue weighted by molar-refractivity contribution is 5.96. The van der Waals surface area contributed by atoms with E-state index >= 15 is 4.39 Å². The predicted octanol–water partition coefficient (Wildman–Crippen LogP) is 6.14. The second kappa shape index (κ2) is 10.2. The molecule has 0 radical (unpaired) electrons. The van der Waals surface area contributed by atoms with Crippen LogP contribution in [0.15, 0.2) is 48.7 Å². The van der Waals surface area contributed by atoms with Gasteiger partial charge in [0.25, 0.3) is 5.91 Å². The summed E-state index contributed by atoms with van der Waals surface area (Å²) in [5.74, 6) is -0.915. The second-order valence-corrected chi connectivity index (χ2v) is 9.78. The summed E-state index contributed by atoms with van der Waals surface area (Å²) in [6.07, 6.45) is 8.87. The lowest BCUT2D eigenvalue weighted by Crippen LogP contribution is -2.38. The van der Waals surface area contributed by atoms with Crippen LogP contribution in [0.3, 0.4) is 0 Å². The largest absolute Gasteiger partial charge is 0.462 e. The SMILES string of the molecule is CCOC(=O)c1cnn(-c2cccc(-c3cccc(C(=O)N(C)C4CCCCC4)c3F)c2)c1C1CC1. The third-order valence-corrected chi connectivity index (χ3v) is 7.34.